The van der Waals surface area contributed by atoms with Crippen LogP contribution < -0.4 is 14.4 Å². The van der Waals surface area contributed by atoms with Crippen LogP contribution in [0.1, 0.15) is 5.56 Å². The number of pyridine rings is 1. The normalized spacial score (nSPS) is 15.7. The first kappa shape index (κ1) is 23.8. The van der Waals surface area contributed by atoms with Crippen LogP contribution in [0.3, 0.4) is 0 Å². The number of aromatic nitrogens is 1. The van der Waals surface area contributed by atoms with Crippen molar-refractivity contribution >= 4 is 5.82 Å². The molecule has 180 valence electrons. The maximum Gasteiger partial charge on any atom is 0.417 e. The van der Waals surface area contributed by atoms with E-state index in [9.17, 15) is 18.3 Å². The van der Waals surface area contributed by atoms with Crippen LogP contribution in [0.2, 0.25) is 0 Å². The monoisotopic (exact) mass is 473 g/mol. The van der Waals surface area contributed by atoms with Gasteiger partial charge in [-0.05, 0) is 48.5 Å². The molecule has 4 rings (SSSR count). The molecule has 0 bridgehead atoms. The van der Waals surface area contributed by atoms with Crippen LogP contribution in [0.25, 0.3) is 0 Å². The Labute approximate surface area is 196 Å². The topological polar surface area (TPSA) is 58.1 Å². The number of aliphatic hydroxyl groups excluding tert-OH is 1. The van der Waals surface area contributed by atoms with Crippen LogP contribution in [0, 0.1) is 0 Å². The second kappa shape index (κ2) is 10.8. The molecule has 0 radical (unpaired) electrons. The van der Waals surface area contributed by atoms with Gasteiger partial charge in [-0.25, -0.2) is 4.98 Å². The molecule has 6 nitrogen and oxygen atoms in total. The maximum atomic E-state index is 12.7. The van der Waals surface area contributed by atoms with E-state index < -0.39 is 17.8 Å². The summed E-state index contributed by atoms with van der Waals surface area (Å²) in [5, 5.41) is 10.4. The zero-order chi connectivity index (χ0) is 24.0. The molecule has 2 aromatic carbocycles. The van der Waals surface area contributed by atoms with Gasteiger partial charge in [0.15, 0.2) is 0 Å². The van der Waals surface area contributed by atoms with E-state index >= 15 is 0 Å². The number of hydrogen-bond donors (Lipinski definition) is 1. The molecule has 1 N–H and O–H groups in total. The van der Waals surface area contributed by atoms with Crippen LogP contribution in [0.15, 0.2) is 72.9 Å². The number of piperazine rings is 1. The van der Waals surface area contributed by atoms with Crippen molar-refractivity contribution in [1.29, 1.82) is 0 Å². The molecule has 0 spiro atoms. The van der Waals surface area contributed by atoms with Crippen LogP contribution in [0.5, 0.6) is 17.2 Å². The number of ether oxygens (including phenoxy) is 2. The number of anilines is 1. The molecule has 1 aromatic heterocycles. The van der Waals surface area contributed by atoms with Crippen molar-refractivity contribution < 1.29 is 27.8 Å². The molecule has 0 amide bonds. The number of nitrogens with zero attached hydrogens (tertiary/aromatic N) is 3. The summed E-state index contributed by atoms with van der Waals surface area (Å²) in [6.45, 7) is 3.18. The van der Waals surface area contributed by atoms with Crippen LogP contribution in [-0.4, -0.2) is 60.4 Å². The van der Waals surface area contributed by atoms with Gasteiger partial charge < -0.3 is 19.5 Å². The fraction of sp³-hybridized carbons (Fsp3) is 0.320. The maximum absolute atomic E-state index is 12.7. The summed E-state index contributed by atoms with van der Waals surface area (Å²) in [6, 6.07) is 19.1. The molecule has 34 heavy (non-hydrogen) atoms. The van der Waals surface area contributed by atoms with Crippen LogP contribution in [-0.2, 0) is 6.18 Å². The standard InChI is InChI=1S/C25H26F3N3O3/c26-25(27,28)19-6-11-24(29-16-19)31-14-12-30(13-15-31)17-20(32)18-33-21-7-9-23(10-8-21)34-22-4-2-1-3-5-22/h1-11,16,20,32H,12-15,17-18H2/t20-/m1/s1. The van der Waals surface area contributed by atoms with Crippen LogP contribution >= 0.6 is 0 Å². The number of aliphatic hydroxyl groups is 1. The summed E-state index contributed by atoms with van der Waals surface area (Å²) >= 11 is 0. The lowest BCUT2D eigenvalue weighted by Crippen LogP contribution is -2.49. The number of benzene rings is 2. The SMILES string of the molecule is O[C@@H](COc1ccc(Oc2ccccc2)cc1)CN1CCN(c2ccc(C(F)(F)F)cn2)CC1. The van der Waals surface area contributed by atoms with E-state index in [0.717, 1.165) is 18.0 Å². The Morgan fingerprint density at radius 3 is 2.12 bits per heavy atom. The van der Waals surface area contributed by atoms with Gasteiger partial charge in [0.25, 0.3) is 0 Å². The molecule has 1 saturated heterocycles. The van der Waals surface area contributed by atoms with E-state index in [1.807, 2.05) is 47.4 Å². The number of rotatable bonds is 8. The van der Waals surface area contributed by atoms with E-state index in [4.69, 9.17) is 9.47 Å². The number of halogens is 3. The summed E-state index contributed by atoms with van der Waals surface area (Å²) < 4.78 is 49.6. The predicted molar refractivity (Wildman–Crippen MR) is 122 cm³/mol. The lowest BCUT2D eigenvalue weighted by Gasteiger charge is -2.36. The highest BCUT2D eigenvalue weighted by atomic mass is 19.4. The lowest BCUT2D eigenvalue weighted by molar-refractivity contribution is -0.137. The second-order valence-corrected chi connectivity index (χ2v) is 8.04. The molecule has 1 atom stereocenters. The zero-order valence-corrected chi connectivity index (χ0v) is 18.5. The largest absolute Gasteiger partial charge is 0.491 e. The van der Waals surface area contributed by atoms with Gasteiger partial charge in [-0.2, -0.15) is 13.2 Å². The average molecular weight is 473 g/mol. The van der Waals surface area contributed by atoms with Crippen molar-refractivity contribution in [3.8, 4) is 17.2 Å². The van der Waals surface area contributed by atoms with E-state index in [-0.39, 0.29) is 6.61 Å². The fourth-order valence-electron chi connectivity index (χ4n) is 3.67. The van der Waals surface area contributed by atoms with E-state index in [2.05, 4.69) is 9.88 Å². The Hall–Kier alpha value is -3.30. The third-order valence-corrected chi connectivity index (χ3v) is 5.49. The molecular formula is C25H26F3N3O3. The molecule has 9 heteroatoms. The highest BCUT2D eigenvalue weighted by molar-refractivity contribution is 5.40. The first-order valence-electron chi connectivity index (χ1n) is 11.0. The fourth-order valence-corrected chi connectivity index (χ4v) is 3.67. The van der Waals surface area contributed by atoms with Crippen molar-refractivity contribution in [3.05, 3.63) is 78.5 Å². The van der Waals surface area contributed by atoms with E-state index in [0.29, 0.717) is 50.0 Å². The van der Waals surface area contributed by atoms with Gasteiger partial charge in [0.2, 0.25) is 0 Å². The Bertz CT molecular complexity index is 1020. The molecule has 2 heterocycles. The summed E-state index contributed by atoms with van der Waals surface area (Å²) in [5.41, 5.74) is -0.753. The Kier molecular flexibility index (Phi) is 7.54. The minimum Gasteiger partial charge on any atom is -0.491 e. The molecule has 0 saturated carbocycles. The van der Waals surface area contributed by atoms with Gasteiger partial charge in [0, 0.05) is 38.9 Å². The minimum absolute atomic E-state index is 0.152. The molecule has 1 aliphatic heterocycles. The molecular weight excluding hydrogens is 447 g/mol. The molecule has 1 aliphatic rings. The van der Waals surface area contributed by atoms with Crippen molar-refractivity contribution in [2.75, 3.05) is 44.2 Å². The highest BCUT2D eigenvalue weighted by Crippen LogP contribution is 2.29. The van der Waals surface area contributed by atoms with Gasteiger partial charge in [0.1, 0.15) is 35.8 Å². The van der Waals surface area contributed by atoms with Crippen LogP contribution in [0.4, 0.5) is 19.0 Å². The van der Waals surface area contributed by atoms with Gasteiger partial charge >= 0.3 is 6.18 Å². The second-order valence-electron chi connectivity index (χ2n) is 8.04. The average Bonchev–Trinajstić information content (AvgIpc) is 2.84. The van der Waals surface area contributed by atoms with Gasteiger partial charge in [-0.1, -0.05) is 18.2 Å². The number of alkyl halides is 3. The van der Waals surface area contributed by atoms with Crippen molar-refractivity contribution in [1.82, 2.24) is 9.88 Å². The number of para-hydroxylation sites is 1. The Balaban J connectivity index is 1.18. The van der Waals surface area contributed by atoms with Crippen molar-refractivity contribution in [2.45, 2.75) is 12.3 Å². The Morgan fingerprint density at radius 1 is 0.853 bits per heavy atom. The zero-order valence-electron chi connectivity index (χ0n) is 18.5. The first-order valence-corrected chi connectivity index (χ1v) is 11.0. The quantitative estimate of drug-likeness (QED) is 0.522. The summed E-state index contributed by atoms with van der Waals surface area (Å²) in [6.07, 6.45) is -4.19. The minimum atomic E-state index is -4.39. The van der Waals surface area contributed by atoms with Gasteiger partial charge in [-0.15, -0.1) is 0 Å². The van der Waals surface area contributed by atoms with E-state index in [1.54, 1.807) is 12.1 Å². The van der Waals surface area contributed by atoms with Gasteiger partial charge in [0.05, 0.1) is 5.56 Å². The van der Waals surface area contributed by atoms with Gasteiger partial charge in [-0.3, -0.25) is 4.90 Å². The number of hydrogen-bond acceptors (Lipinski definition) is 6. The molecule has 3 aromatic rings. The summed E-state index contributed by atoms with van der Waals surface area (Å²) in [5.74, 6) is 2.61. The number of β-amino-alcohol motifs (C(OH)–C–C–N with tert-alkyl or cyclic N) is 1. The third kappa shape index (κ3) is 6.61. The summed E-state index contributed by atoms with van der Waals surface area (Å²) in [4.78, 5) is 8.00. The first-order chi connectivity index (χ1) is 16.4. The lowest BCUT2D eigenvalue weighted by atomic mass is 10.2. The smallest absolute Gasteiger partial charge is 0.417 e. The molecule has 0 unspecified atom stereocenters. The summed E-state index contributed by atoms with van der Waals surface area (Å²) in [7, 11) is 0. The third-order valence-electron chi connectivity index (χ3n) is 5.49. The molecule has 1 fully saturated rings. The Morgan fingerprint density at radius 2 is 1.50 bits per heavy atom. The highest BCUT2D eigenvalue weighted by Gasteiger charge is 2.31. The van der Waals surface area contributed by atoms with Crippen molar-refractivity contribution in [3.63, 3.8) is 0 Å². The molecule has 0 aliphatic carbocycles. The predicted octanol–water partition coefficient (Wildman–Crippen LogP) is 4.45. The van der Waals surface area contributed by atoms with E-state index in [1.165, 1.54) is 6.07 Å². The van der Waals surface area contributed by atoms with Crippen molar-refractivity contribution in [2.24, 2.45) is 0 Å².